The maximum absolute atomic E-state index is 12.1. The van der Waals surface area contributed by atoms with Gasteiger partial charge in [0.05, 0.1) is 7.11 Å². The molecule has 1 rings (SSSR count). The molecule has 1 aromatic heterocycles. The molecule has 0 bridgehead atoms. The Balaban J connectivity index is 3.29. The zero-order valence-electron chi connectivity index (χ0n) is 8.14. The molecule has 0 saturated heterocycles. The van der Waals surface area contributed by atoms with Crippen LogP contribution in [-0.2, 0) is 0 Å². The minimum Gasteiger partial charge on any atom is -0.494 e. The second-order valence-corrected chi connectivity index (χ2v) is 4.01. The predicted octanol–water partition coefficient (Wildman–Crippen LogP) is 2.97. The summed E-state index contributed by atoms with van der Waals surface area (Å²) < 4.78 is 44.8. The van der Waals surface area contributed by atoms with E-state index in [1.807, 2.05) is 0 Å². The van der Waals surface area contributed by atoms with Crippen molar-refractivity contribution in [2.24, 2.45) is 0 Å². The van der Waals surface area contributed by atoms with Crippen LogP contribution in [0.4, 0.5) is 13.2 Å². The lowest BCUT2D eigenvalue weighted by atomic mass is 10.3. The van der Waals surface area contributed by atoms with E-state index in [-0.39, 0.29) is 9.45 Å². The molecule has 17 heavy (non-hydrogen) atoms. The molecule has 0 spiro atoms. The third kappa shape index (κ3) is 3.87. The number of nitrogens with zero attached hydrogens (tertiary/aromatic N) is 1. The minimum atomic E-state index is -4.94. The average Bonchev–Trinajstić information content (AvgIpc) is 2.17. The number of alkyl halides is 3. The van der Waals surface area contributed by atoms with E-state index < -0.39 is 23.0 Å². The molecule has 4 nitrogen and oxygen atoms in total. The van der Waals surface area contributed by atoms with Crippen molar-refractivity contribution in [3.05, 3.63) is 15.5 Å². The fourth-order valence-electron chi connectivity index (χ4n) is 0.942. The summed E-state index contributed by atoms with van der Waals surface area (Å²) in [6.07, 6.45) is -4.94. The molecule has 0 aliphatic carbocycles. The van der Waals surface area contributed by atoms with Gasteiger partial charge < -0.3 is 9.47 Å². The third-order valence-electron chi connectivity index (χ3n) is 1.54. The van der Waals surface area contributed by atoms with Gasteiger partial charge in [-0.05, 0) is 34.2 Å². The largest absolute Gasteiger partial charge is 0.573 e. The minimum absolute atomic E-state index is 0.0477. The highest BCUT2D eigenvalue weighted by Crippen LogP contribution is 2.32. The molecule has 0 unspecified atom stereocenters. The fourth-order valence-corrected chi connectivity index (χ4v) is 1.69. The summed E-state index contributed by atoms with van der Waals surface area (Å²) in [5, 5.41) is -1.15. The van der Waals surface area contributed by atoms with Crippen molar-refractivity contribution >= 4 is 39.4 Å². The molecule has 1 heterocycles. The van der Waals surface area contributed by atoms with Crippen LogP contribution < -0.4 is 9.47 Å². The molecule has 0 aromatic carbocycles. The van der Waals surface area contributed by atoms with Crippen molar-refractivity contribution in [2.75, 3.05) is 7.11 Å². The first-order valence-corrected chi connectivity index (χ1v) is 5.40. The van der Waals surface area contributed by atoms with Gasteiger partial charge in [-0.1, -0.05) is 0 Å². The monoisotopic (exact) mass is 381 g/mol. The SMILES string of the molecule is COc1cc(OC(F)(F)F)c(C(=O)Cl)nc1I. The number of pyridine rings is 1. The van der Waals surface area contributed by atoms with Crippen LogP contribution in [0.1, 0.15) is 10.5 Å². The van der Waals surface area contributed by atoms with E-state index in [2.05, 4.69) is 9.72 Å². The van der Waals surface area contributed by atoms with Crippen molar-refractivity contribution < 1.29 is 27.4 Å². The van der Waals surface area contributed by atoms with E-state index in [9.17, 15) is 18.0 Å². The summed E-state index contributed by atoms with van der Waals surface area (Å²) in [6.45, 7) is 0. The molecule has 9 heteroatoms. The van der Waals surface area contributed by atoms with Crippen LogP contribution in [0.2, 0.25) is 0 Å². The highest BCUT2D eigenvalue weighted by atomic mass is 127. The van der Waals surface area contributed by atoms with Gasteiger partial charge in [0.2, 0.25) is 0 Å². The maximum Gasteiger partial charge on any atom is 0.573 e. The summed E-state index contributed by atoms with van der Waals surface area (Å²) in [5.41, 5.74) is -0.616. The zero-order chi connectivity index (χ0) is 13.2. The molecule has 0 aliphatic rings. The summed E-state index contributed by atoms with van der Waals surface area (Å²) in [7, 11) is 1.25. The molecular formula is C8H4ClF3INO3. The fraction of sp³-hybridized carbons (Fsp3) is 0.250. The van der Waals surface area contributed by atoms with Gasteiger partial charge in [-0.3, -0.25) is 4.79 Å². The van der Waals surface area contributed by atoms with E-state index in [4.69, 9.17) is 16.3 Å². The van der Waals surface area contributed by atoms with E-state index in [0.29, 0.717) is 0 Å². The van der Waals surface area contributed by atoms with Crippen LogP contribution in [0.5, 0.6) is 11.5 Å². The van der Waals surface area contributed by atoms with Crippen molar-refractivity contribution in [1.29, 1.82) is 0 Å². The van der Waals surface area contributed by atoms with Crippen molar-refractivity contribution in [2.45, 2.75) is 6.36 Å². The molecule has 0 radical (unpaired) electrons. The number of aromatic nitrogens is 1. The molecule has 94 valence electrons. The summed E-state index contributed by atoms with van der Waals surface area (Å²) in [4.78, 5) is 14.5. The lowest BCUT2D eigenvalue weighted by molar-refractivity contribution is -0.274. The summed E-state index contributed by atoms with van der Waals surface area (Å²) in [5.74, 6) is -0.749. The number of hydrogen-bond acceptors (Lipinski definition) is 4. The molecular weight excluding hydrogens is 377 g/mol. The Morgan fingerprint density at radius 2 is 2.06 bits per heavy atom. The Bertz CT molecular complexity index is 452. The van der Waals surface area contributed by atoms with Gasteiger partial charge in [0.15, 0.2) is 17.2 Å². The maximum atomic E-state index is 12.1. The number of hydrogen-bond donors (Lipinski definition) is 0. The van der Waals surface area contributed by atoms with Crippen LogP contribution in [0, 0.1) is 3.70 Å². The summed E-state index contributed by atoms with van der Waals surface area (Å²) in [6, 6.07) is 0.901. The normalized spacial score (nSPS) is 11.2. The molecule has 0 N–H and O–H groups in total. The molecule has 0 atom stereocenters. The Kier molecular flexibility index (Phi) is 4.42. The van der Waals surface area contributed by atoms with Gasteiger partial charge in [0, 0.05) is 6.07 Å². The number of ether oxygens (including phenoxy) is 2. The second-order valence-electron chi connectivity index (χ2n) is 2.65. The number of carbonyl (C=O) groups is 1. The molecule has 1 aromatic rings. The first kappa shape index (κ1) is 14.3. The van der Waals surface area contributed by atoms with E-state index >= 15 is 0 Å². The number of methoxy groups -OCH3 is 1. The third-order valence-corrected chi connectivity index (χ3v) is 2.49. The van der Waals surface area contributed by atoms with Crippen LogP contribution in [0.3, 0.4) is 0 Å². The predicted molar refractivity (Wildman–Crippen MR) is 60.4 cm³/mol. The van der Waals surface area contributed by atoms with Crippen LogP contribution >= 0.6 is 34.2 Å². The van der Waals surface area contributed by atoms with Gasteiger partial charge in [-0.25, -0.2) is 4.98 Å². The smallest absolute Gasteiger partial charge is 0.494 e. The number of rotatable bonds is 3. The zero-order valence-corrected chi connectivity index (χ0v) is 11.1. The lowest BCUT2D eigenvalue weighted by Gasteiger charge is -2.12. The highest BCUT2D eigenvalue weighted by Gasteiger charge is 2.34. The topological polar surface area (TPSA) is 48.4 Å². The van der Waals surface area contributed by atoms with Crippen LogP contribution in [-0.4, -0.2) is 23.7 Å². The van der Waals surface area contributed by atoms with E-state index in [0.717, 1.165) is 6.07 Å². The Morgan fingerprint density at radius 1 is 1.47 bits per heavy atom. The van der Waals surface area contributed by atoms with Gasteiger partial charge in [-0.2, -0.15) is 0 Å². The van der Waals surface area contributed by atoms with Crippen molar-refractivity contribution in [3.8, 4) is 11.5 Å². The highest BCUT2D eigenvalue weighted by molar-refractivity contribution is 14.1. The first-order valence-electron chi connectivity index (χ1n) is 3.94. The number of halogens is 5. The van der Waals surface area contributed by atoms with E-state index in [1.54, 1.807) is 22.6 Å². The second kappa shape index (κ2) is 5.25. The molecule has 0 aliphatic heterocycles. The van der Waals surface area contributed by atoms with Gasteiger partial charge >= 0.3 is 6.36 Å². The van der Waals surface area contributed by atoms with Crippen molar-refractivity contribution in [1.82, 2.24) is 4.98 Å². The molecule has 0 fully saturated rings. The van der Waals surface area contributed by atoms with Crippen LogP contribution in [0.15, 0.2) is 6.07 Å². The van der Waals surface area contributed by atoms with Gasteiger partial charge in [0.25, 0.3) is 5.24 Å². The lowest BCUT2D eigenvalue weighted by Crippen LogP contribution is -2.19. The Labute approximate surface area is 112 Å². The summed E-state index contributed by atoms with van der Waals surface area (Å²) >= 11 is 6.80. The first-order chi connectivity index (χ1) is 7.74. The number of carbonyl (C=O) groups excluding carboxylic acids is 1. The van der Waals surface area contributed by atoms with Gasteiger partial charge in [0.1, 0.15) is 3.70 Å². The Hall–Kier alpha value is -0.770. The molecule has 0 saturated carbocycles. The Morgan fingerprint density at radius 3 is 2.47 bits per heavy atom. The van der Waals surface area contributed by atoms with E-state index in [1.165, 1.54) is 7.11 Å². The van der Waals surface area contributed by atoms with Crippen molar-refractivity contribution in [3.63, 3.8) is 0 Å². The van der Waals surface area contributed by atoms with Crippen LogP contribution in [0.25, 0.3) is 0 Å². The standard InChI is InChI=1S/C8H4ClF3INO3/c1-16-4-2-3(17-8(10,11)12)5(6(9)15)14-7(4)13/h2H,1H3. The molecule has 0 amide bonds. The average molecular weight is 381 g/mol. The quantitative estimate of drug-likeness (QED) is 0.459. The van der Waals surface area contributed by atoms with Gasteiger partial charge in [-0.15, -0.1) is 13.2 Å².